The predicted octanol–water partition coefficient (Wildman–Crippen LogP) is 1.70. The summed E-state index contributed by atoms with van der Waals surface area (Å²) in [5.74, 6) is -0.0919. The Kier molecular flexibility index (Phi) is 4.64. The molecule has 0 saturated carbocycles. The summed E-state index contributed by atoms with van der Waals surface area (Å²) in [7, 11) is 0. The second-order valence-electron chi connectivity index (χ2n) is 5.87. The van der Waals surface area contributed by atoms with Crippen molar-refractivity contribution in [3.05, 3.63) is 29.3 Å². The van der Waals surface area contributed by atoms with E-state index in [2.05, 4.69) is 10.6 Å². The van der Waals surface area contributed by atoms with Crippen LogP contribution in [0.5, 0.6) is 0 Å². The lowest BCUT2D eigenvalue weighted by atomic mass is 10.1. The zero-order chi connectivity index (χ0) is 15.5. The Morgan fingerprint density at radius 2 is 2.09 bits per heavy atom. The van der Waals surface area contributed by atoms with Crippen molar-refractivity contribution >= 4 is 29.1 Å². The highest BCUT2D eigenvalue weighted by atomic mass is 35.5. The fourth-order valence-electron chi connectivity index (χ4n) is 3.10. The van der Waals surface area contributed by atoms with E-state index in [1.54, 1.807) is 17.0 Å². The van der Waals surface area contributed by atoms with Crippen molar-refractivity contribution in [2.75, 3.05) is 18.0 Å². The molecule has 2 aliphatic heterocycles. The van der Waals surface area contributed by atoms with Crippen LogP contribution in [0.25, 0.3) is 0 Å². The van der Waals surface area contributed by atoms with Gasteiger partial charge in [-0.1, -0.05) is 11.6 Å². The predicted molar refractivity (Wildman–Crippen MR) is 86.0 cm³/mol. The molecule has 0 aliphatic carbocycles. The Hall–Kier alpha value is -1.59. The lowest BCUT2D eigenvalue weighted by Gasteiger charge is -2.18. The summed E-state index contributed by atoms with van der Waals surface area (Å²) in [5.41, 5.74) is 0.823. The molecule has 0 aromatic heterocycles. The first kappa shape index (κ1) is 15.3. The zero-order valence-corrected chi connectivity index (χ0v) is 13.1. The van der Waals surface area contributed by atoms with E-state index in [0.29, 0.717) is 24.4 Å². The van der Waals surface area contributed by atoms with Gasteiger partial charge in [-0.15, -0.1) is 0 Å². The van der Waals surface area contributed by atoms with Gasteiger partial charge in [0.15, 0.2) is 0 Å². The number of rotatable bonds is 4. The molecule has 2 saturated heterocycles. The van der Waals surface area contributed by atoms with Crippen LogP contribution < -0.4 is 15.5 Å². The van der Waals surface area contributed by atoms with Gasteiger partial charge in [-0.3, -0.25) is 9.59 Å². The van der Waals surface area contributed by atoms with Crippen molar-refractivity contribution in [1.82, 2.24) is 10.6 Å². The van der Waals surface area contributed by atoms with Crippen LogP contribution in [0, 0.1) is 0 Å². The smallest absolute Gasteiger partial charge is 0.249 e. The molecule has 2 amide bonds. The first-order valence-corrected chi connectivity index (χ1v) is 8.11. The van der Waals surface area contributed by atoms with E-state index in [4.69, 9.17) is 11.6 Å². The quantitative estimate of drug-likeness (QED) is 0.887. The topological polar surface area (TPSA) is 61.4 Å². The Morgan fingerprint density at radius 3 is 2.77 bits per heavy atom. The van der Waals surface area contributed by atoms with E-state index in [-0.39, 0.29) is 17.9 Å². The molecule has 2 atom stereocenters. The largest absolute Gasteiger partial charge is 0.344 e. The van der Waals surface area contributed by atoms with E-state index in [0.717, 1.165) is 25.1 Å². The number of carbonyl (C=O) groups excluding carboxylic acids is 2. The molecule has 0 bridgehead atoms. The first-order chi connectivity index (χ1) is 10.6. The van der Waals surface area contributed by atoms with Crippen LogP contribution in [-0.4, -0.2) is 37.0 Å². The summed E-state index contributed by atoms with van der Waals surface area (Å²) in [5, 5.41) is 6.81. The third kappa shape index (κ3) is 3.42. The van der Waals surface area contributed by atoms with Crippen LogP contribution in [0.4, 0.5) is 5.69 Å². The van der Waals surface area contributed by atoms with Crippen LogP contribution in [-0.2, 0) is 9.59 Å². The van der Waals surface area contributed by atoms with Crippen molar-refractivity contribution in [1.29, 1.82) is 0 Å². The number of benzene rings is 1. The molecule has 2 aliphatic rings. The average molecular weight is 322 g/mol. The minimum atomic E-state index is -0.412. The number of carbonyl (C=O) groups is 2. The number of amides is 2. The van der Waals surface area contributed by atoms with Crippen molar-refractivity contribution in [2.24, 2.45) is 0 Å². The molecular formula is C16H20ClN3O2. The highest BCUT2D eigenvalue weighted by Crippen LogP contribution is 2.23. The van der Waals surface area contributed by atoms with Gasteiger partial charge < -0.3 is 15.5 Å². The standard InChI is InChI=1S/C16H20ClN3O2/c17-11-3-5-13(6-4-11)20-9-7-14(16(20)22)19-15(21)10-12-2-1-8-18-12/h3-6,12,14,18H,1-2,7-10H2,(H,19,21). The van der Waals surface area contributed by atoms with Gasteiger partial charge in [0.25, 0.3) is 0 Å². The molecule has 2 fully saturated rings. The normalized spacial score (nSPS) is 24.8. The molecule has 1 aromatic rings. The fourth-order valence-corrected chi connectivity index (χ4v) is 3.23. The molecule has 1 aromatic carbocycles. The monoisotopic (exact) mass is 321 g/mol. The highest BCUT2D eigenvalue weighted by Gasteiger charge is 2.33. The molecule has 118 valence electrons. The SMILES string of the molecule is O=C(CC1CCCN1)NC1CCN(c2ccc(Cl)cc2)C1=O. The number of halogens is 1. The summed E-state index contributed by atoms with van der Waals surface area (Å²) in [6.07, 6.45) is 3.24. The van der Waals surface area contributed by atoms with E-state index < -0.39 is 6.04 Å². The maximum absolute atomic E-state index is 12.4. The lowest BCUT2D eigenvalue weighted by molar-refractivity contribution is -0.126. The third-order valence-electron chi connectivity index (χ3n) is 4.27. The molecule has 2 heterocycles. The minimum absolute atomic E-state index is 0.0456. The Labute approximate surface area is 135 Å². The van der Waals surface area contributed by atoms with Crippen LogP contribution in [0.15, 0.2) is 24.3 Å². The van der Waals surface area contributed by atoms with Crippen LogP contribution in [0.1, 0.15) is 25.7 Å². The molecule has 2 unspecified atom stereocenters. The molecule has 6 heteroatoms. The van der Waals surface area contributed by atoms with Gasteiger partial charge in [0.05, 0.1) is 0 Å². The molecule has 0 radical (unpaired) electrons. The van der Waals surface area contributed by atoms with Gasteiger partial charge in [-0.2, -0.15) is 0 Å². The average Bonchev–Trinajstić information content (AvgIpc) is 3.11. The summed E-state index contributed by atoms with van der Waals surface area (Å²) in [6, 6.07) is 7.03. The summed E-state index contributed by atoms with van der Waals surface area (Å²) < 4.78 is 0. The zero-order valence-electron chi connectivity index (χ0n) is 12.3. The number of nitrogens with zero attached hydrogens (tertiary/aromatic N) is 1. The van der Waals surface area contributed by atoms with Crippen LogP contribution >= 0.6 is 11.6 Å². The number of hydrogen-bond donors (Lipinski definition) is 2. The first-order valence-electron chi connectivity index (χ1n) is 7.73. The second-order valence-corrected chi connectivity index (χ2v) is 6.31. The Balaban J connectivity index is 1.56. The second kappa shape index (κ2) is 6.67. The van der Waals surface area contributed by atoms with Crippen LogP contribution in [0.3, 0.4) is 0 Å². The van der Waals surface area contributed by atoms with E-state index in [9.17, 15) is 9.59 Å². The summed E-state index contributed by atoms with van der Waals surface area (Å²) in [4.78, 5) is 26.2. The molecule has 2 N–H and O–H groups in total. The van der Waals surface area contributed by atoms with Crippen molar-refractivity contribution in [3.63, 3.8) is 0 Å². The van der Waals surface area contributed by atoms with Gasteiger partial charge in [0.2, 0.25) is 11.8 Å². The molecule has 5 nitrogen and oxygen atoms in total. The maximum Gasteiger partial charge on any atom is 0.249 e. The summed E-state index contributed by atoms with van der Waals surface area (Å²) >= 11 is 5.87. The van der Waals surface area contributed by atoms with Gasteiger partial charge in [0, 0.05) is 29.7 Å². The Bertz CT molecular complexity index is 555. The highest BCUT2D eigenvalue weighted by molar-refractivity contribution is 6.30. The number of anilines is 1. The Morgan fingerprint density at radius 1 is 1.32 bits per heavy atom. The number of hydrogen-bond acceptors (Lipinski definition) is 3. The van der Waals surface area contributed by atoms with Crippen molar-refractivity contribution in [2.45, 2.75) is 37.8 Å². The van der Waals surface area contributed by atoms with Crippen molar-refractivity contribution < 1.29 is 9.59 Å². The molecule has 22 heavy (non-hydrogen) atoms. The molecule has 3 rings (SSSR count). The van der Waals surface area contributed by atoms with E-state index in [1.807, 2.05) is 12.1 Å². The van der Waals surface area contributed by atoms with Gasteiger partial charge in [-0.25, -0.2) is 0 Å². The number of nitrogens with one attached hydrogen (secondary N) is 2. The van der Waals surface area contributed by atoms with Crippen molar-refractivity contribution in [3.8, 4) is 0 Å². The van der Waals surface area contributed by atoms with Gasteiger partial charge in [0.1, 0.15) is 6.04 Å². The maximum atomic E-state index is 12.4. The van der Waals surface area contributed by atoms with Gasteiger partial charge in [-0.05, 0) is 50.1 Å². The van der Waals surface area contributed by atoms with E-state index in [1.165, 1.54) is 0 Å². The lowest BCUT2D eigenvalue weighted by Crippen LogP contribution is -2.43. The van der Waals surface area contributed by atoms with E-state index >= 15 is 0 Å². The molecular weight excluding hydrogens is 302 g/mol. The van der Waals surface area contributed by atoms with Gasteiger partial charge >= 0.3 is 0 Å². The molecule has 0 spiro atoms. The third-order valence-corrected chi connectivity index (χ3v) is 4.53. The fraction of sp³-hybridized carbons (Fsp3) is 0.500. The minimum Gasteiger partial charge on any atom is -0.344 e. The summed E-state index contributed by atoms with van der Waals surface area (Å²) in [6.45, 7) is 1.59. The van der Waals surface area contributed by atoms with Crippen LogP contribution in [0.2, 0.25) is 5.02 Å².